The summed E-state index contributed by atoms with van der Waals surface area (Å²) in [4.78, 5) is 15.0. The van der Waals surface area contributed by atoms with Crippen LogP contribution >= 0.6 is 22.9 Å². The molecule has 1 saturated heterocycles. The van der Waals surface area contributed by atoms with E-state index in [0.717, 1.165) is 29.7 Å². The highest BCUT2D eigenvalue weighted by Crippen LogP contribution is 2.30. The monoisotopic (exact) mass is 439 g/mol. The fourth-order valence-corrected chi connectivity index (χ4v) is 6.50. The van der Waals surface area contributed by atoms with Gasteiger partial charge in [-0.15, -0.1) is 11.3 Å². The highest BCUT2D eigenvalue weighted by Gasteiger charge is 2.36. The predicted octanol–water partition coefficient (Wildman–Crippen LogP) is 2.73. The largest absolute Gasteiger partial charge is 0.352 e. The minimum absolute atomic E-state index is 0.00459. The average Bonchev–Trinajstić information content (AvgIpc) is 3.39. The van der Waals surface area contributed by atoms with Gasteiger partial charge in [0.1, 0.15) is 10.3 Å². The van der Waals surface area contributed by atoms with Crippen LogP contribution < -0.4 is 5.32 Å². The summed E-state index contributed by atoms with van der Waals surface area (Å²) in [6.07, 6.45) is 2.06. The van der Waals surface area contributed by atoms with E-state index in [1.807, 2.05) is 30.3 Å². The number of hydrogen-bond acceptors (Lipinski definition) is 5. The molecule has 9 heteroatoms. The van der Waals surface area contributed by atoms with E-state index in [1.54, 1.807) is 12.1 Å². The van der Waals surface area contributed by atoms with Gasteiger partial charge in [0.15, 0.2) is 0 Å². The lowest BCUT2D eigenvalue weighted by Crippen LogP contribution is -2.52. The summed E-state index contributed by atoms with van der Waals surface area (Å²) in [5.74, 6) is -0.00459. The number of hydrogen-bond donors (Lipinski definition) is 1. The van der Waals surface area contributed by atoms with Crippen molar-refractivity contribution in [3.05, 3.63) is 52.4 Å². The number of benzene rings is 1. The number of thiophene rings is 1. The molecule has 28 heavy (non-hydrogen) atoms. The van der Waals surface area contributed by atoms with Gasteiger partial charge in [0.05, 0.1) is 4.34 Å². The number of nitrogens with one attached hydrogen (secondary N) is 1. The molecule has 0 spiro atoms. The van der Waals surface area contributed by atoms with Crippen molar-refractivity contribution in [1.29, 1.82) is 0 Å². The molecule has 2 heterocycles. The van der Waals surface area contributed by atoms with Gasteiger partial charge in [-0.2, -0.15) is 4.31 Å². The quantitative estimate of drug-likeness (QED) is 0.751. The number of carbonyl (C=O) groups excluding carboxylic acids is 1. The third kappa shape index (κ3) is 4.26. The molecule has 1 atom stereocenters. The van der Waals surface area contributed by atoms with Crippen molar-refractivity contribution in [2.24, 2.45) is 0 Å². The molecule has 1 aliphatic heterocycles. The van der Waals surface area contributed by atoms with Crippen LogP contribution in [0.1, 0.15) is 24.4 Å². The smallest absolute Gasteiger partial charge is 0.252 e. The van der Waals surface area contributed by atoms with Crippen molar-refractivity contribution in [2.75, 3.05) is 26.2 Å². The molecule has 2 fully saturated rings. The predicted molar refractivity (Wildman–Crippen MR) is 110 cm³/mol. The standard InChI is InChI=1S/C19H22ClN3O3S2/c20-16-8-9-17(27-16)28(25,26)23-12-10-22(11-13-23)18(14-4-2-1-3-5-14)19(24)21-15-6-7-15/h1-5,8-9,15,18H,6-7,10-13H2,(H,21,24). The molecule has 1 aromatic heterocycles. The number of halogens is 1. The van der Waals surface area contributed by atoms with Gasteiger partial charge in [0, 0.05) is 32.2 Å². The zero-order valence-electron chi connectivity index (χ0n) is 15.3. The summed E-state index contributed by atoms with van der Waals surface area (Å²) < 4.78 is 27.8. The summed E-state index contributed by atoms with van der Waals surface area (Å²) in [5, 5.41) is 3.09. The third-order valence-corrected chi connectivity index (χ3v) is 8.67. The first kappa shape index (κ1) is 19.8. The fraction of sp³-hybridized carbons (Fsp3) is 0.421. The van der Waals surface area contributed by atoms with Gasteiger partial charge in [0.25, 0.3) is 10.0 Å². The van der Waals surface area contributed by atoms with E-state index in [0.29, 0.717) is 30.5 Å². The molecular weight excluding hydrogens is 418 g/mol. The fourth-order valence-electron chi connectivity index (χ4n) is 3.44. The number of sulfonamides is 1. The average molecular weight is 440 g/mol. The van der Waals surface area contributed by atoms with Crippen molar-refractivity contribution in [3.8, 4) is 0 Å². The Hall–Kier alpha value is -1.45. The Kier molecular flexibility index (Phi) is 5.76. The van der Waals surface area contributed by atoms with E-state index in [-0.39, 0.29) is 16.2 Å². The van der Waals surface area contributed by atoms with Gasteiger partial charge in [-0.1, -0.05) is 41.9 Å². The van der Waals surface area contributed by atoms with Crippen molar-refractivity contribution >= 4 is 38.9 Å². The second kappa shape index (κ2) is 8.12. The van der Waals surface area contributed by atoms with Crippen molar-refractivity contribution in [3.63, 3.8) is 0 Å². The Morgan fingerprint density at radius 2 is 1.75 bits per heavy atom. The van der Waals surface area contributed by atoms with Crippen LogP contribution in [0.25, 0.3) is 0 Å². The van der Waals surface area contributed by atoms with E-state index in [9.17, 15) is 13.2 Å². The van der Waals surface area contributed by atoms with Crippen LogP contribution in [0.4, 0.5) is 0 Å². The van der Waals surface area contributed by atoms with Crippen LogP contribution in [0, 0.1) is 0 Å². The van der Waals surface area contributed by atoms with Crippen LogP contribution in [-0.2, 0) is 14.8 Å². The lowest BCUT2D eigenvalue weighted by atomic mass is 10.0. The van der Waals surface area contributed by atoms with Crippen LogP contribution in [0.2, 0.25) is 4.34 Å². The summed E-state index contributed by atoms with van der Waals surface area (Å²) >= 11 is 6.97. The van der Waals surface area contributed by atoms with Crippen LogP contribution in [0.5, 0.6) is 0 Å². The molecule has 1 amide bonds. The van der Waals surface area contributed by atoms with Crippen molar-refractivity contribution in [1.82, 2.24) is 14.5 Å². The lowest BCUT2D eigenvalue weighted by molar-refractivity contribution is -0.127. The third-order valence-electron chi connectivity index (χ3n) is 5.07. The topological polar surface area (TPSA) is 69.7 Å². The molecule has 1 unspecified atom stereocenters. The first-order valence-corrected chi connectivity index (χ1v) is 11.9. The Labute approximate surface area is 174 Å². The number of nitrogens with zero attached hydrogens (tertiary/aromatic N) is 2. The van der Waals surface area contributed by atoms with Gasteiger partial charge in [0.2, 0.25) is 5.91 Å². The minimum atomic E-state index is -3.54. The number of amides is 1. The van der Waals surface area contributed by atoms with Crippen LogP contribution in [-0.4, -0.2) is 55.8 Å². The zero-order valence-corrected chi connectivity index (χ0v) is 17.6. The van der Waals surface area contributed by atoms with E-state index in [1.165, 1.54) is 4.31 Å². The summed E-state index contributed by atoms with van der Waals surface area (Å²) in [6, 6.07) is 12.7. The van der Waals surface area contributed by atoms with Crippen molar-refractivity contribution in [2.45, 2.75) is 29.1 Å². The van der Waals surface area contributed by atoms with E-state index >= 15 is 0 Å². The van der Waals surface area contributed by atoms with E-state index in [4.69, 9.17) is 11.6 Å². The maximum atomic E-state index is 12.9. The molecule has 150 valence electrons. The Bertz CT molecular complexity index is 936. The highest BCUT2D eigenvalue weighted by atomic mass is 35.5. The minimum Gasteiger partial charge on any atom is -0.352 e. The molecule has 1 saturated carbocycles. The highest BCUT2D eigenvalue weighted by molar-refractivity contribution is 7.91. The van der Waals surface area contributed by atoms with E-state index in [2.05, 4.69) is 10.2 Å². The Morgan fingerprint density at radius 3 is 2.32 bits per heavy atom. The van der Waals surface area contributed by atoms with Gasteiger partial charge in [-0.25, -0.2) is 8.42 Å². The molecule has 2 aromatic rings. The maximum absolute atomic E-state index is 12.9. The normalized spacial score (nSPS) is 20.0. The lowest BCUT2D eigenvalue weighted by Gasteiger charge is -2.38. The molecule has 0 radical (unpaired) electrons. The summed E-state index contributed by atoms with van der Waals surface area (Å²) in [7, 11) is -3.54. The second-order valence-corrected chi connectivity index (χ2v) is 11.0. The van der Waals surface area contributed by atoms with Gasteiger partial charge in [-0.3, -0.25) is 9.69 Å². The molecule has 1 aromatic carbocycles. The molecular formula is C19H22ClN3O3S2. The molecule has 2 aliphatic rings. The number of piperazine rings is 1. The van der Waals surface area contributed by atoms with Crippen molar-refractivity contribution < 1.29 is 13.2 Å². The molecule has 4 rings (SSSR count). The SMILES string of the molecule is O=C(NC1CC1)C(c1ccccc1)N1CCN(S(=O)(=O)c2ccc(Cl)s2)CC1. The number of carbonyl (C=O) groups is 1. The first-order chi connectivity index (χ1) is 13.4. The molecule has 1 aliphatic carbocycles. The Balaban J connectivity index is 1.49. The summed E-state index contributed by atoms with van der Waals surface area (Å²) in [6.45, 7) is 1.68. The van der Waals surface area contributed by atoms with E-state index < -0.39 is 16.1 Å². The number of rotatable bonds is 6. The van der Waals surface area contributed by atoms with Crippen LogP contribution in [0.15, 0.2) is 46.7 Å². The second-order valence-electron chi connectivity index (χ2n) is 7.09. The summed E-state index contributed by atoms with van der Waals surface area (Å²) in [5.41, 5.74) is 0.932. The zero-order chi connectivity index (χ0) is 19.7. The van der Waals surface area contributed by atoms with Gasteiger partial charge in [-0.05, 0) is 30.5 Å². The van der Waals surface area contributed by atoms with Crippen LogP contribution in [0.3, 0.4) is 0 Å². The molecule has 6 nitrogen and oxygen atoms in total. The van der Waals surface area contributed by atoms with Gasteiger partial charge >= 0.3 is 0 Å². The molecule has 1 N–H and O–H groups in total. The molecule has 0 bridgehead atoms. The van der Waals surface area contributed by atoms with Gasteiger partial charge < -0.3 is 5.32 Å². The first-order valence-electron chi connectivity index (χ1n) is 9.30. The maximum Gasteiger partial charge on any atom is 0.252 e. The Morgan fingerprint density at radius 1 is 1.07 bits per heavy atom.